The van der Waals surface area contributed by atoms with Crippen molar-refractivity contribution < 1.29 is 9.53 Å². The number of amides is 1. The van der Waals surface area contributed by atoms with E-state index in [0.29, 0.717) is 29.6 Å². The third kappa shape index (κ3) is 5.55. The van der Waals surface area contributed by atoms with Gasteiger partial charge in [0.15, 0.2) is 0 Å². The van der Waals surface area contributed by atoms with Gasteiger partial charge in [-0.05, 0) is 85.1 Å². The van der Waals surface area contributed by atoms with E-state index < -0.39 is 0 Å². The zero-order valence-electron chi connectivity index (χ0n) is 23.6. The van der Waals surface area contributed by atoms with Gasteiger partial charge < -0.3 is 19.9 Å². The molecule has 0 bridgehead atoms. The molecule has 0 radical (unpaired) electrons. The fourth-order valence-electron chi connectivity index (χ4n) is 4.93. The van der Waals surface area contributed by atoms with Crippen molar-refractivity contribution in [3.63, 3.8) is 0 Å². The van der Waals surface area contributed by atoms with Crippen LogP contribution in [0.1, 0.15) is 22.8 Å². The van der Waals surface area contributed by atoms with Gasteiger partial charge in [0, 0.05) is 77.5 Å². The minimum Gasteiger partial charge on any atom is -0.478 e. The number of ether oxygens (including phenoxy) is 1. The van der Waals surface area contributed by atoms with E-state index in [0.717, 1.165) is 44.4 Å². The number of aryl methyl sites for hydroxylation is 2. The van der Waals surface area contributed by atoms with E-state index in [1.807, 2.05) is 99.9 Å². The molecule has 6 rings (SSSR count). The second kappa shape index (κ2) is 11.5. The molecule has 0 fully saturated rings. The summed E-state index contributed by atoms with van der Waals surface area (Å²) in [5, 5.41) is 7.51. The molecule has 6 aromatic rings. The first-order chi connectivity index (χ1) is 20.5. The van der Waals surface area contributed by atoms with Crippen LogP contribution >= 0.6 is 0 Å². The number of fused-ring (bicyclic) bond motifs is 1. The number of carbonyl (C=O) groups is 1. The van der Waals surface area contributed by atoms with E-state index in [4.69, 9.17) is 4.74 Å². The van der Waals surface area contributed by atoms with Crippen LogP contribution in [0.4, 0.5) is 17.2 Å². The predicted octanol–water partition coefficient (Wildman–Crippen LogP) is 7.40. The van der Waals surface area contributed by atoms with Crippen molar-refractivity contribution >= 4 is 34.0 Å². The van der Waals surface area contributed by atoms with Crippen LogP contribution in [-0.4, -0.2) is 32.0 Å². The standard InChI is InChI=1S/C34H30N6O2/c1-4-42-33-10-7-26(20-37-33)29-21-40(3)31-19-27(8-9-28(29)31)38-34(41)25-6-5-22(2)30(17-25)39-32-18-24(13-16-36-32)23-11-14-35-15-12-23/h5-21H,4H2,1-3H3,(H,36,39)(H,38,41). The molecule has 208 valence electrons. The summed E-state index contributed by atoms with van der Waals surface area (Å²) in [6.07, 6.45) is 9.19. The first-order valence-electron chi connectivity index (χ1n) is 13.7. The fourth-order valence-corrected chi connectivity index (χ4v) is 4.93. The topological polar surface area (TPSA) is 94.0 Å². The average Bonchev–Trinajstić information content (AvgIpc) is 3.35. The van der Waals surface area contributed by atoms with E-state index in [1.165, 1.54) is 0 Å². The Morgan fingerprint density at radius 2 is 1.71 bits per heavy atom. The predicted molar refractivity (Wildman–Crippen MR) is 167 cm³/mol. The number of anilines is 3. The molecule has 2 N–H and O–H groups in total. The molecule has 0 aliphatic rings. The summed E-state index contributed by atoms with van der Waals surface area (Å²) in [5.41, 5.74) is 8.23. The Labute approximate surface area is 244 Å². The summed E-state index contributed by atoms with van der Waals surface area (Å²) in [5.74, 6) is 1.11. The number of benzene rings is 2. The van der Waals surface area contributed by atoms with E-state index in [1.54, 1.807) is 18.6 Å². The van der Waals surface area contributed by atoms with Crippen molar-refractivity contribution in [1.82, 2.24) is 19.5 Å². The molecule has 0 aliphatic heterocycles. The molecule has 0 atom stereocenters. The lowest BCUT2D eigenvalue weighted by molar-refractivity contribution is 0.102. The van der Waals surface area contributed by atoms with Gasteiger partial charge >= 0.3 is 0 Å². The first kappa shape index (κ1) is 26.7. The van der Waals surface area contributed by atoms with Gasteiger partial charge in [-0.3, -0.25) is 9.78 Å². The normalized spacial score (nSPS) is 10.9. The van der Waals surface area contributed by atoms with Crippen LogP contribution in [0.3, 0.4) is 0 Å². The molecule has 0 spiro atoms. The maximum absolute atomic E-state index is 13.3. The molecular formula is C34H30N6O2. The number of pyridine rings is 3. The van der Waals surface area contributed by atoms with Crippen molar-refractivity contribution in [1.29, 1.82) is 0 Å². The summed E-state index contributed by atoms with van der Waals surface area (Å²) in [7, 11) is 2.00. The monoisotopic (exact) mass is 554 g/mol. The van der Waals surface area contributed by atoms with Crippen LogP contribution in [0.25, 0.3) is 33.2 Å². The van der Waals surface area contributed by atoms with Crippen molar-refractivity contribution in [3.8, 4) is 28.1 Å². The lowest BCUT2D eigenvalue weighted by Gasteiger charge is -2.13. The highest BCUT2D eigenvalue weighted by Gasteiger charge is 2.13. The van der Waals surface area contributed by atoms with Crippen LogP contribution in [0, 0.1) is 6.92 Å². The average molecular weight is 555 g/mol. The molecule has 2 aromatic carbocycles. The number of hydrogen-bond donors (Lipinski definition) is 2. The number of nitrogens with zero attached hydrogens (tertiary/aromatic N) is 4. The van der Waals surface area contributed by atoms with Gasteiger partial charge in [-0.1, -0.05) is 12.1 Å². The summed E-state index contributed by atoms with van der Waals surface area (Å²) in [6.45, 7) is 4.51. The molecule has 8 nitrogen and oxygen atoms in total. The molecule has 0 aliphatic carbocycles. The molecule has 0 saturated carbocycles. The van der Waals surface area contributed by atoms with Crippen molar-refractivity contribution in [2.75, 3.05) is 17.2 Å². The summed E-state index contributed by atoms with van der Waals surface area (Å²) in [6, 6.07) is 23.3. The number of nitrogens with one attached hydrogen (secondary N) is 2. The van der Waals surface area contributed by atoms with Crippen LogP contribution in [-0.2, 0) is 7.05 Å². The first-order valence-corrected chi connectivity index (χ1v) is 13.7. The maximum atomic E-state index is 13.3. The highest BCUT2D eigenvalue weighted by atomic mass is 16.5. The second-order valence-corrected chi connectivity index (χ2v) is 9.98. The van der Waals surface area contributed by atoms with Gasteiger partial charge in [0.2, 0.25) is 5.88 Å². The van der Waals surface area contributed by atoms with E-state index in [9.17, 15) is 4.79 Å². The van der Waals surface area contributed by atoms with E-state index in [-0.39, 0.29) is 5.91 Å². The number of hydrogen-bond acceptors (Lipinski definition) is 6. The minimum absolute atomic E-state index is 0.193. The van der Waals surface area contributed by atoms with Gasteiger partial charge in [0.1, 0.15) is 5.82 Å². The molecule has 42 heavy (non-hydrogen) atoms. The Morgan fingerprint density at radius 3 is 2.50 bits per heavy atom. The molecule has 0 unspecified atom stereocenters. The van der Waals surface area contributed by atoms with Crippen LogP contribution in [0.2, 0.25) is 0 Å². The highest BCUT2D eigenvalue weighted by molar-refractivity contribution is 6.06. The fraction of sp³-hybridized carbons (Fsp3) is 0.118. The van der Waals surface area contributed by atoms with Crippen molar-refractivity contribution in [3.05, 3.63) is 115 Å². The number of carbonyl (C=O) groups excluding carboxylic acids is 1. The lowest BCUT2D eigenvalue weighted by atomic mass is 10.1. The molecule has 8 heteroatoms. The molecule has 4 aromatic heterocycles. The number of rotatable bonds is 8. The molecule has 1 amide bonds. The molecular weight excluding hydrogens is 524 g/mol. The third-order valence-electron chi connectivity index (χ3n) is 7.12. The summed E-state index contributed by atoms with van der Waals surface area (Å²) < 4.78 is 7.53. The Hall–Kier alpha value is -5.50. The molecule has 0 saturated heterocycles. The minimum atomic E-state index is -0.193. The summed E-state index contributed by atoms with van der Waals surface area (Å²) in [4.78, 5) is 26.3. The van der Waals surface area contributed by atoms with Gasteiger partial charge in [0.05, 0.1) is 12.1 Å². The zero-order chi connectivity index (χ0) is 29.1. The third-order valence-corrected chi connectivity index (χ3v) is 7.12. The van der Waals surface area contributed by atoms with Crippen molar-refractivity contribution in [2.45, 2.75) is 13.8 Å². The largest absolute Gasteiger partial charge is 0.478 e. The van der Waals surface area contributed by atoms with Crippen LogP contribution in [0.5, 0.6) is 5.88 Å². The smallest absolute Gasteiger partial charge is 0.255 e. The molecule has 4 heterocycles. The zero-order valence-corrected chi connectivity index (χ0v) is 23.6. The van der Waals surface area contributed by atoms with Crippen LogP contribution < -0.4 is 15.4 Å². The second-order valence-electron chi connectivity index (χ2n) is 9.98. The van der Waals surface area contributed by atoms with E-state index in [2.05, 4.69) is 36.3 Å². The van der Waals surface area contributed by atoms with Gasteiger partial charge in [-0.25, -0.2) is 9.97 Å². The Morgan fingerprint density at radius 1 is 0.881 bits per heavy atom. The Balaban J connectivity index is 1.21. The maximum Gasteiger partial charge on any atom is 0.255 e. The van der Waals surface area contributed by atoms with Gasteiger partial charge in [-0.15, -0.1) is 0 Å². The quantitative estimate of drug-likeness (QED) is 0.204. The Kier molecular flexibility index (Phi) is 7.34. The van der Waals surface area contributed by atoms with Gasteiger partial charge in [0.25, 0.3) is 5.91 Å². The Bertz CT molecular complexity index is 1880. The highest BCUT2D eigenvalue weighted by Crippen LogP contribution is 2.32. The summed E-state index contributed by atoms with van der Waals surface area (Å²) >= 11 is 0. The number of aromatic nitrogens is 4. The SMILES string of the molecule is CCOc1ccc(-c2cn(C)c3cc(NC(=O)c4ccc(C)c(Nc5cc(-c6ccncc6)ccn5)c4)ccc23)cn1. The van der Waals surface area contributed by atoms with E-state index >= 15 is 0 Å². The van der Waals surface area contributed by atoms with Crippen molar-refractivity contribution in [2.24, 2.45) is 7.05 Å². The lowest BCUT2D eigenvalue weighted by Crippen LogP contribution is -2.12. The van der Waals surface area contributed by atoms with Crippen LogP contribution in [0.15, 0.2) is 104 Å². The van der Waals surface area contributed by atoms with Gasteiger partial charge in [-0.2, -0.15) is 0 Å².